The Bertz CT molecular complexity index is 387. The van der Waals surface area contributed by atoms with Gasteiger partial charge in [-0.05, 0) is 11.8 Å². The van der Waals surface area contributed by atoms with Crippen LogP contribution in [0.2, 0.25) is 0 Å². The summed E-state index contributed by atoms with van der Waals surface area (Å²) in [5.41, 5.74) is 0.693. The minimum absolute atomic E-state index is 0.0379. The molecule has 0 aliphatic carbocycles. The molecule has 0 unspecified atom stereocenters. The Balaban J connectivity index is 2.68. The summed E-state index contributed by atoms with van der Waals surface area (Å²) < 4.78 is 5.54. The number of thioether (sulfide) groups is 1. The lowest BCUT2D eigenvalue weighted by Crippen LogP contribution is -2.02. The molecule has 0 saturated carbocycles. The van der Waals surface area contributed by atoms with Crippen LogP contribution in [-0.2, 0) is 5.88 Å². The maximum atomic E-state index is 10.6. The van der Waals surface area contributed by atoms with Crippen molar-refractivity contribution in [2.45, 2.75) is 12.8 Å². The van der Waals surface area contributed by atoms with Gasteiger partial charge >= 0.3 is 0 Å². The zero-order valence-electron chi connectivity index (χ0n) is 9.52. The van der Waals surface area contributed by atoms with Crippen LogP contribution in [0, 0.1) is 10.1 Å². The lowest BCUT2D eigenvalue weighted by atomic mass is 10.2. The fraction of sp³-hybridized carbons (Fsp3) is 0.455. The first kappa shape index (κ1) is 14.1. The Morgan fingerprint density at radius 2 is 2.29 bits per heavy atom. The minimum atomic E-state index is -0.438. The minimum Gasteiger partial charge on any atom is -0.492 e. The van der Waals surface area contributed by atoms with Gasteiger partial charge in [0.05, 0.1) is 17.4 Å². The zero-order valence-corrected chi connectivity index (χ0v) is 11.1. The predicted molar refractivity (Wildman–Crippen MR) is 71.1 cm³/mol. The van der Waals surface area contributed by atoms with Gasteiger partial charge in [-0.3, -0.25) is 10.1 Å². The highest BCUT2D eigenvalue weighted by molar-refractivity contribution is 7.99. The largest absolute Gasteiger partial charge is 0.492 e. The van der Waals surface area contributed by atoms with Gasteiger partial charge in [-0.15, -0.1) is 11.6 Å². The molecular formula is C11H14ClNO3S. The van der Waals surface area contributed by atoms with Crippen LogP contribution in [0.4, 0.5) is 5.69 Å². The second kappa shape index (κ2) is 7.40. The van der Waals surface area contributed by atoms with Gasteiger partial charge in [-0.25, -0.2) is 0 Å². The van der Waals surface area contributed by atoms with Crippen molar-refractivity contribution in [3.8, 4) is 5.75 Å². The number of rotatable bonds is 7. The smallest absolute Gasteiger partial charge is 0.270 e. The first-order valence-electron chi connectivity index (χ1n) is 5.22. The average molecular weight is 276 g/mol. The third-order valence-electron chi connectivity index (χ3n) is 2.09. The van der Waals surface area contributed by atoms with Gasteiger partial charge in [0, 0.05) is 23.4 Å². The molecule has 0 aliphatic heterocycles. The Morgan fingerprint density at radius 3 is 2.88 bits per heavy atom. The van der Waals surface area contributed by atoms with Crippen molar-refractivity contribution in [3.05, 3.63) is 33.9 Å². The van der Waals surface area contributed by atoms with Crippen LogP contribution >= 0.6 is 23.4 Å². The number of alkyl halides is 1. The molecule has 0 bridgehead atoms. The number of halogens is 1. The molecule has 17 heavy (non-hydrogen) atoms. The highest BCUT2D eigenvalue weighted by atomic mass is 35.5. The van der Waals surface area contributed by atoms with Crippen LogP contribution in [0.3, 0.4) is 0 Å². The van der Waals surface area contributed by atoms with Gasteiger partial charge in [-0.2, -0.15) is 11.8 Å². The van der Waals surface area contributed by atoms with Crippen molar-refractivity contribution in [1.29, 1.82) is 0 Å². The third-order valence-corrected chi connectivity index (χ3v) is 3.24. The Morgan fingerprint density at radius 1 is 1.53 bits per heavy atom. The van der Waals surface area contributed by atoms with E-state index in [4.69, 9.17) is 16.3 Å². The van der Waals surface area contributed by atoms with E-state index in [1.54, 1.807) is 17.8 Å². The van der Waals surface area contributed by atoms with Gasteiger partial charge in [0.2, 0.25) is 0 Å². The van der Waals surface area contributed by atoms with Crippen LogP contribution in [0.15, 0.2) is 18.2 Å². The first-order chi connectivity index (χ1) is 8.19. The molecule has 0 heterocycles. The van der Waals surface area contributed by atoms with Gasteiger partial charge < -0.3 is 4.74 Å². The van der Waals surface area contributed by atoms with E-state index >= 15 is 0 Å². The second-order valence-corrected chi connectivity index (χ2v) is 4.89. The number of hydrogen-bond donors (Lipinski definition) is 0. The standard InChI is InChI=1S/C11H14ClNO3S/c1-2-17-6-5-16-11-4-3-10(13(14)15)7-9(11)8-12/h3-4,7H,2,5-6,8H2,1H3. The van der Waals surface area contributed by atoms with Crippen LogP contribution in [0.1, 0.15) is 12.5 Å². The van der Waals surface area contributed by atoms with Crippen molar-refractivity contribution in [3.63, 3.8) is 0 Å². The Hall–Kier alpha value is -0.940. The van der Waals surface area contributed by atoms with E-state index in [1.165, 1.54) is 12.1 Å². The second-order valence-electron chi connectivity index (χ2n) is 3.23. The summed E-state index contributed by atoms with van der Waals surface area (Å²) >= 11 is 7.52. The summed E-state index contributed by atoms with van der Waals surface area (Å²) in [4.78, 5) is 10.2. The SMILES string of the molecule is CCSCCOc1ccc([N+](=O)[O-])cc1CCl. The number of non-ortho nitro benzene ring substituents is 1. The Labute approximate surface area is 109 Å². The van der Waals surface area contributed by atoms with E-state index in [2.05, 4.69) is 6.92 Å². The van der Waals surface area contributed by atoms with Crippen LogP contribution in [0.5, 0.6) is 5.75 Å². The number of hydrogen-bond acceptors (Lipinski definition) is 4. The molecule has 0 atom stereocenters. The fourth-order valence-electron chi connectivity index (χ4n) is 1.28. The molecule has 0 amide bonds. The number of benzene rings is 1. The Kier molecular flexibility index (Phi) is 6.15. The summed E-state index contributed by atoms with van der Waals surface area (Å²) in [5.74, 6) is 2.78. The molecule has 0 radical (unpaired) electrons. The average Bonchev–Trinajstić information content (AvgIpc) is 2.34. The summed E-state index contributed by atoms with van der Waals surface area (Å²) in [6.07, 6.45) is 0. The lowest BCUT2D eigenvalue weighted by molar-refractivity contribution is -0.384. The van der Waals surface area contributed by atoms with E-state index in [-0.39, 0.29) is 11.6 Å². The van der Waals surface area contributed by atoms with E-state index in [1.807, 2.05) is 0 Å². The van der Waals surface area contributed by atoms with E-state index in [0.717, 1.165) is 11.5 Å². The number of nitro benzene ring substituents is 1. The van der Waals surface area contributed by atoms with Gasteiger partial charge in [0.15, 0.2) is 0 Å². The fourth-order valence-corrected chi connectivity index (χ4v) is 1.98. The molecule has 4 nitrogen and oxygen atoms in total. The third kappa shape index (κ3) is 4.44. The molecule has 0 aliphatic rings. The monoisotopic (exact) mass is 275 g/mol. The highest BCUT2D eigenvalue weighted by Crippen LogP contribution is 2.25. The molecular weight excluding hydrogens is 262 g/mol. The van der Waals surface area contributed by atoms with E-state index < -0.39 is 4.92 Å². The van der Waals surface area contributed by atoms with Gasteiger partial charge in [0.25, 0.3) is 5.69 Å². The van der Waals surface area contributed by atoms with Crippen LogP contribution < -0.4 is 4.74 Å². The summed E-state index contributed by atoms with van der Waals surface area (Å²) in [7, 11) is 0. The van der Waals surface area contributed by atoms with Crippen molar-refractivity contribution in [2.75, 3.05) is 18.1 Å². The molecule has 0 spiro atoms. The maximum absolute atomic E-state index is 10.6. The maximum Gasteiger partial charge on any atom is 0.270 e. The molecule has 1 rings (SSSR count). The lowest BCUT2D eigenvalue weighted by Gasteiger charge is -2.09. The van der Waals surface area contributed by atoms with Gasteiger partial charge in [-0.1, -0.05) is 6.92 Å². The number of nitro groups is 1. The topological polar surface area (TPSA) is 52.4 Å². The molecule has 1 aromatic carbocycles. The number of nitrogens with zero attached hydrogens (tertiary/aromatic N) is 1. The molecule has 94 valence electrons. The van der Waals surface area contributed by atoms with E-state index in [9.17, 15) is 10.1 Å². The van der Waals surface area contributed by atoms with E-state index in [0.29, 0.717) is 17.9 Å². The predicted octanol–water partition coefficient (Wildman–Crippen LogP) is 3.47. The molecule has 1 aromatic rings. The number of ether oxygens (including phenoxy) is 1. The van der Waals surface area contributed by atoms with Crippen LogP contribution in [-0.4, -0.2) is 23.0 Å². The van der Waals surface area contributed by atoms with Crippen LogP contribution in [0.25, 0.3) is 0 Å². The normalized spacial score (nSPS) is 10.2. The van der Waals surface area contributed by atoms with Crippen molar-refractivity contribution in [1.82, 2.24) is 0 Å². The van der Waals surface area contributed by atoms with Crippen molar-refractivity contribution >= 4 is 29.1 Å². The molecule has 6 heteroatoms. The van der Waals surface area contributed by atoms with Crippen molar-refractivity contribution in [2.24, 2.45) is 0 Å². The van der Waals surface area contributed by atoms with Crippen molar-refractivity contribution < 1.29 is 9.66 Å². The summed E-state index contributed by atoms with van der Waals surface area (Å²) in [6, 6.07) is 4.49. The first-order valence-corrected chi connectivity index (χ1v) is 6.91. The molecule has 0 saturated heterocycles. The highest BCUT2D eigenvalue weighted by Gasteiger charge is 2.10. The molecule has 0 aromatic heterocycles. The summed E-state index contributed by atoms with van der Waals surface area (Å²) in [5, 5.41) is 10.6. The molecule has 0 fully saturated rings. The quantitative estimate of drug-likeness (QED) is 0.331. The summed E-state index contributed by atoms with van der Waals surface area (Å²) in [6.45, 7) is 2.67. The molecule has 0 N–H and O–H groups in total. The van der Waals surface area contributed by atoms with Gasteiger partial charge in [0.1, 0.15) is 5.75 Å². The zero-order chi connectivity index (χ0) is 12.7.